The zero-order chi connectivity index (χ0) is 20.8. The number of carbonyl (C=O) groups excluding carboxylic acids is 2. The molecule has 3 rings (SSSR count). The summed E-state index contributed by atoms with van der Waals surface area (Å²) >= 11 is 1.41. The SMILES string of the molecule is CCC(=O)N1CCCN(C(C)C(=O)Nc2nc(-c3ccc(OC)cc3)cs2)CC1. The molecule has 1 aliphatic heterocycles. The van der Waals surface area contributed by atoms with Crippen LogP contribution < -0.4 is 10.1 Å². The molecule has 1 fully saturated rings. The third kappa shape index (κ3) is 5.33. The lowest BCUT2D eigenvalue weighted by atomic mass is 10.2. The van der Waals surface area contributed by atoms with Crippen LogP contribution in [0, 0.1) is 0 Å². The fourth-order valence-corrected chi connectivity index (χ4v) is 4.12. The van der Waals surface area contributed by atoms with Gasteiger partial charge in [-0.15, -0.1) is 11.3 Å². The molecule has 1 aliphatic rings. The van der Waals surface area contributed by atoms with Crippen molar-refractivity contribution in [1.82, 2.24) is 14.8 Å². The second-order valence-electron chi connectivity index (χ2n) is 7.06. The van der Waals surface area contributed by atoms with Gasteiger partial charge in [0, 0.05) is 43.5 Å². The topological polar surface area (TPSA) is 74.8 Å². The molecule has 1 atom stereocenters. The number of hydrogen-bond acceptors (Lipinski definition) is 6. The van der Waals surface area contributed by atoms with Crippen molar-refractivity contribution < 1.29 is 14.3 Å². The first-order chi connectivity index (χ1) is 14.0. The average Bonchev–Trinajstić information content (AvgIpc) is 3.07. The van der Waals surface area contributed by atoms with Crippen LogP contribution in [0.3, 0.4) is 0 Å². The molecule has 0 aliphatic carbocycles. The number of thiazole rings is 1. The lowest BCUT2D eigenvalue weighted by molar-refractivity contribution is -0.130. The Labute approximate surface area is 175 Å². The number of amides is 2. The Hall–Kier alpha value is -2.45. The summed E-state index contributed by atoms with van der Waals surface area (Å²) in [6.07, 6.45) is 1.40. The van der Waals surface area contributed by atoms with Gasteiger partial charge < -0.3 is 15.0 Å². The van der Waals surface area contributed by atoms with Gasteiger partial charge in [0.05, 0.1) is 18.8 Å². The molecule has 1 aromatic heterocycles. The number of hydrogen-bond donors (Lipinski definition) is 1. The number of aromatic nitrogens is 1. The van der Waals surface area contributed by atoms with Crippen molar-refractivity contribution in [3.63, 3.8) is 0 Å². The minimum atomic E-state index is -0.278. The Morgan fingerprint density at radius 3 is 2.66 bits per heavy atom. The van der Waals surface area contributed by atoms with Crippen molar-refractivity contribution in [2.75, 3.05) is 38.6 Å². The van der Waals surface area contributed by atoms with Gasteiger partial charge in [-0.1, -0.05) is 6.92 Å². The number of rotatable bonds is 6. The van der Waals surface area contributed by atoms with Crippen molar-refractivity contribution in [3.8, 4) is 17.0 Å². The molecule has 2 heterocycles. The Morgan fingerprint density at radius 2 is 1.97 bits per heavy atom. The van der Waals surface area contributed by atoms with E-state index in [1.54, 1.807) is 7.11 Å². The third-order valence-electron chi connectivity index (χ3n) is 5.23. The first kappa shape index (κ1) is 21.3. The average molecular weight is 417 g/mol. The molecule has 0 saturated carbocycles. The summed E-state index contributed by atoms with van der Waals surface area (Å²) in [5, 5.41) is 5.46. The molecule has 29 heavy (non-hydrogen) atoms. The van der Waals surface area contributed by atoms with Crippen LogP contribution in [-0.2, 0) is 9.59 Å². The highest BCUT2D eigenvalue weighted by Gasteiger charge is 2.25. The molecule has 1 aromatic carbocycles. The van der Waals surface area contributed by atoms with Gasteiger partial charge >= 0.3 is 0 Å². The van der Waals surface area contributed by atoms with Crippen LogP contribution in [0.25, 0.3) is 11.3 Å². The summed E-state index contributed by atoms with van der Waals surface area (Å²) in [7, 11) is 1.64. The molecule has 1 N–H and O–H groups in total. The zero-order valence-electron chi connectivity index (χ0n) is 17.2. The molecule has 8 heteroatoms. The molecule has 2 aromatic rings. The highest BCUT2D eigenvalue weighted by molar-refractivity contribution is 7.14. The molecule has 2 amide bonds. The Morgan fingerprint density at radius 1 is 1.21 bits per heavy atom. The van der Waals surface area contributed by atoms with E-state index in [1.165, 1.54) is 11.3 Å². The van der Waals surface area contributed by atoms with E-state index >= 15 is 0 Å². The van der Waals surface area contributed by atoms with Crippen LogP contribution in [0.4, 0.5) is 5.13 Å². The van der Waals surface area contributed by atoms with Crippen molar-refractivity contribution in [3.05, 3.63) is 29.6 Å². The van der Waals surface area contributed by atoms with Gasteiger partial charge in [0.15, 0.2) is 5.13 Å². The number of nitrogens with one attached hydrogen (secondary N) is 1. The van der Waals surface area contributed by atoms with Gasteiger partial charge in [-0.3, -0.25) is 14.5 Å². The fraction of sp³-hybridized carbons (Fsp3) is 0.476. The van der Waals surface area contributed by atoms with E-state index < -0.39 is 0 Å². The molecule has 0 spiro atoms. The summed E-state index contributed by atoms with van der Waals surface area (Å²) in [5.74, 6) is 0.900. The van der Waals surface area contributed by atoms with Crippen LogP contribution in [0.15, 0.2) is 29.6 Å². The molecule has 0 radical (unpaired) electrons. The summed E-state index contributed by atoms with van der Waals surface area (Å²) in [6.45, 7) is 6.73. The highest BCUT2D eigenvalue weighted by atomic mass is 32.1. The van der Waals surface area contributed by atoms with Crippen LogP contribution in [0.1, 0.15) is 26.7 Å². The third-order valence-corrected chi connectivity index (χ3v) is 5.99. The van der Waals surface area contributed by atoms with Gasteiger partial charge in [0.2, 0.25) is 11.8 Å². The molecular formula is C21H28N4O3S. The molecule has 7 nitrogen and oxygen atoms in total. The van der Waals surface area contributed by atoms with Gasteiger partial charge in [-0.25, -0.2) is 4.98 Å². The predicted octanol–water partition coefficient (Wildman–Crippen LogP) is 3.09. The summed E-state index contributed by atoms with van der Waals surface area (Å²) in [4.78, 5) is 33.3. The maximum atomic E-state index is 12.7. The minimum absolute atomic E-state index is 0.0732. The van der Waals surface area contributed by atoms with E-state index in [-0.39, 0.29) is 17.9 Å². The minimum Gasteiger partial charge on any atom is -0.497 e. The maximum Gasteiger partial charge on any atom is 0.243 e. The number of benzene rings is 1. The van der Waals surface area contributed by atoms with Crippen LogP contribution in [0.5, 0.6) is 5.75 Å². The highest BCUT2D eigenvalue weighted by Crippen LogP contribution is 2.26. The smallest absolute Gasteiger partial charge is 0.243 e. The van der Waals surface area contributed by atoms with E-state index in [2.05, 4.69) is 15.2 Å². The lowest BCUT2D eigenvalue weighted by Crippen LogP contribution is -2.44. The van der Waals surface area contributed by atoms with Crippen molar-refractivity contribution >= 4 is 28.3 Å². The largest absolute Gasteiger partial charge is 0.497 e. The van der Waals surface area contributed by atoms with Crippen LogP contribution in [-0.4, -0.2) is 65.9 Å². The monoisotopic (exact) mass is 416 g/mol. The fourth-order valence-electron chi connectivity index (χ4n) is 3.40. The molecular weight excluding hydrogens is 388 g/mol. The Bertz CT molecular complexity index is 837. The summed E-state index contributed by atoms with van der Waals surface area (Å²) < 4.78 is 5.18. The Balaban J connectivity index is 1.58. The number of ether oxygens (including phenoxy) is 1. The van der Waals surface area contributed by atoms with Gasteiger partial charge in [-0.05, 0) is 37.6 Å². The van der Waals surface area contributed by atoms with Crippen molar-refractivity contribution in [1.29, 1.82) is 0 Å². The van der Waals surface area contributed by atoms with E-state index in [9.17, 15) is 9.59 Å². The van der Waals surface area contributed by atoms with Crippen LogP contribution >= 0.6 is 11.3 Å². The zero-order valence-corrected chi connectivity index (χ0v) is 18.0. The van der Waals surface area contributed by atoms with Gasteiger partial charge in [0.1, 0.15) is 5.75 Å². The molecule has 0 bridgehead atoms. The maximum absolute atomic E-state index is 12.7. The quantitative estimate of drug-likeness (QED) is 0.783. The Kier molecular flexibility index (Phi) is 7.22. The van der Waals surface area contributed by atoms with E-state index in [0.717, 1.165) is 36.5 Å². The number of methoxy groups -OCH3 is 1. The predicted molar refractivity (Wildman–Crippen MR) is 115 cm³/mol. The number of nitrogens with zero attached hydrogens (tertiary/aromatic N) is 3. The normalized spacial score (nSPS) is 16.2. The number of anilines is 1. The molecule has 1 unspecified atom stereocenters. The summed E-state index contributed by atoms with van der Waals surface area (Å²) in [5.41, 5.74) is 1.80. The first-order valence-electron chi connectivity index (χ1n) is 9.94. The van der Waals surface area contributed by atoms with E-state index in [0.29, 0.717) is 24.6 Å². The first-order valence-corrected chi connectivity index (χ1v) is 10.8. The van der Waals surface area contributed by atoms with E-state index in [4.69, 9.17) is 4.74 Å². The summed E-state index contributed by atoms with van der Waals surface area (Å²) in [6, 6.07) is 7.40. The second-order valence-corrected chi connectivity index (χ2v) is 7.91. The van der Waals surface area contributed by atoms with Crippen LogP contribution in [0.2, 0.25) is 0 Å². The lowest BCUT2D eigenvalue weighted by Gasteiger charge is -2.26. The number of carbonyl (C=O) groups is 2. The van der Waals surface area contributed by atoms with E-state index in [1.807, 2.05) is 48.4 Å². The van der Waals surface area contributed by atoms with Crippen molar-refractivity contribution in [2.45, 2.75) is 32.7 Å². The standard InChI is InChI=1S/C21H28N4O3S/c1-4-19(26)25-11-5-10-24(12-13-25)15(2)20(27)23-21-22-18(14-29-21)16-6-8-17(28-3)9-7-16/h6-9,14-15H,4-5,10-13H2,1-3H3,(H,22,23,27). The molecule has 1 saturated heterocycles. The van der Waals surface area contributed by atoms with Gasteiger partial charge in [0.25, 0.3) is 0 Å². The second kappa shape index (κ2) is 9.84. The van der Waals surface area contributed by atoms with Gasteiger partial charge in [-0.2, -0.15) is 0 Å². The molecule has 156 valence electrons. The van der Waals surface area contributed by atoms with Crippen molar-refractivity contribution in [2.24, 2.45) is 0 Å².